The summed E-state index contributed by atoms with van der Waals surface area (Å²) in [5.41, 5.74) is 1.98. The Hall–Kier alpha value is -3.02. The molecule has 1 amide bonds. The molecule has 0 unspecified atom stereocenters. The van der Waals surface area contributed by atoms with E-state index in [9.17, 15) is 19.7 Å². The van der Waals surface area contributed by atoms with Crippen LogP contribution in [-0.4, -0.2) is 16.6 Å². The van der Waals surface area contributed by atoms with E-state index in [1.165, 1.54) is 18.2 Å². The van der Waals surface area contributed by atoms with Crippen LogP contribution < -0.4 is 5.32 Å². The zero-order valence-corrected chi connectivity index (χ0v) is 12.1. The fourth-order valence-electron chi connectivity index (χ4n) is 1.87. The molecule has 2 aromatic rings. The normalized spacial score (nSPS) is 10.1. The maximum atomic E-state index is 12.0. The van der Waals surface area contributed by atoms with Crippen molar-refractivity contribution in [3.63, 3.8) is 0 Å². The number of ketones is 1. The number of nitrogens with zero attached hydrogens (tertiary/aromatic N) is 1. The lowest BCUT2D eigenvalue weighted by Crippen LogP contribution is -2.23. The first kappa shape index (κ1) is 15.4. The van der Waals surface area contributed by atoms with Gasteiger partial charge in [-0.2, -0.15) is 0 Å². The van der Waals surface area contributed by atoms with Crippen LogP contribution in [0, 0.1) is 24.0 Å². The number of Topliss-reactive ketones (excluding diaryl/α,β-unsaturated/α-hetero) is 1. The first-order valence-electron chi connectivity index (χ1n) is 6.56. The van der Waals surface area contributed by atoms with Crippen molar-refractivity contribution in [3.8, 4) is 0 Å². The Balaban J connectivity index is 2.21. The second-order valence-corrected chi connectivity index (χ2v) is 4.91. The highest BCUT2D eigenvalue weighted by atomic mass is 16.6. The molecule has 0 fully saturated rings. The van der Waals surface area contributed by atoms with Gasteiger partial charge in [-0.1, -0.05) is 35.9 Å². The molecule has 0 heterocycles. The molecular weight excluding hydrogens is 284 g/mol. The Kier molecular flexibility index (Phi) is 4.31. The standard InChI is InChI=1S/C16H14N2O4/c1-10-3-6-12(7-4-10)15(19)16(20)17-14-9-13(18(21)22)8-5-11(14)2/h3-9H,1-2H3,(H,17,20). The number of hydrogen-bond acceptors (Lipinski definition) is 4. The summed E-state index contributed by atoms with van der Waals surface area (Å²) in [7, 11) is 0. The summed E-state index contributed by atoms with van der Waals surface area (Å²) in [5, 5.41) is 13.2. The molecule has 0 aliphatic heterocycles. The van der Waals surface area contributed by atoms with E-state index in [2.05, 4.69) is 5.32 Å². The van der Waals surface area contributed by atoms with Crippen molar-refractivity contribution < 1.29 is 14.5 Å². The van der Waals surface area contributed by atoms with E-state index in [0.29, 0.717) is 5.56 Å². The number of carbonyl (C=O) groups excluding carboxylic acids is 2. The van der Waals surface area contributed by atoms with Crippen molar-refractivity contribution in [2.45, 2.75) is 13.8 Å². The minimum Gasteiger partial charge on any atom is -0.319 e. The number of anilines is 1. The molecule has 0 saturated heterocycles. The van der Waals surface area contributed by atoms with Crippen LogP contribution in [0.25, 0.3) is 0 Å². The van der Waals surface area contributed by atoms with Crippen molar-refractivity contribution in [3.05, 3.63) is 69.3 Å². The van der Waals surface area contributed by atoms with Crippen LogP contribution in [0.1, 0.15) is 21.5 Å². The monoisotopic (exact) mass is 298 g/mol. The molecule has 0 saturated carbocycles. The second-order valence-electron chi connectivity index (χ2n) is 4.91. The molecule has 22 heavy (non-hydrogen) atoms. The second kappa shape index (κ2) is 6.17. The predicted octanol–water partition coefficient (Wildman–Crippen LogP) is 3.03. The van der Waals surface area contributed by atoms with Gasteiger partial charge in [-0.3, -0.25) is 19.7 Å². The fourth-order valence-corrected chi connectivity index (χ4v) is 1.87. The van der Waals surface area contributed by atoms with Gasteiger partial charge in [0.1, 0.15) is 0 Å². The largest absolute Gasteiger partial charge is 0.319 e. The minimum atomic E-state index is -0.826. The molecule has 0 spiro atoms. The molecule has 0 radical (unpaired) electrons. The molecule has 0 aliphatic carbocycles. The Labute approximate surface area is 126 Å². The lowest BCUT2D eigenvalue weighted by Gasteiger charge is -2.07. The highest BCUT2D eigenvalue weighted by Gasteiger charge is 2.18. The SMILES string of the molecule is Cc1ccc(C(=O)C(=O)Nc2cc([N+](=O)[O-])ccc2C)cc1. The Morgan fingerprint density at radius 2 is 1.68 bits per heavy atom. The summed E-state index contributed by atoms with van der Waals surface area (Å²) in [6.07, 6.45) is 0. The van der Waals surface area contributed by atoms with E-state index in [4.69, 9.17) is 0 Å². The topological polar surface area (TPSA) is 89.3 Å². The summed E-state index contributed by atoms with van der Waals surface area (Å²) in [5.74, 6) is -1.52. The van der Waals surface area contributed by atoms with Crippen LogP contribution in [0.4, 0.5) is 11.4 Å². The molecule has 2 rings (SSSR count). The molecule has 112 valence electrons. The Morgan fingerprint density at radius 1 is 1.05 bits per heavy atom. The number of nitrogens with one attached hydrogen (secondary N) is 1. The minimum absolute atomic E-state index is 0.149. The number of nitro benzene ring substituents is 1. The molecule has 0 bridgehead atoms. The number of aryl methyl sites for hydroxylation is 2. The number of benzene rings is 2. The van der Waals surface area contributed by atoms with Crippen LogP contribution in [0.2, 0.25) is 0 Å². The average Bonchev–Trinajstić information content (AvgIpc) is 2.49. The van der Waals surface area contributed by atoms with E-state index in [0.717, 1.165) is 5.56 Å². The third-order valence-corrected chi connectivity index (χ3v) is 3.20. The van der Waals surface area contributed by atoms with E-state index in [1.807, 2.05) is 6.92 Å². The molecule has 0 aliphatic rings. The number of amides is 1. The van der Waals surface area contributed by atoms with Gasteiger partial charge < -0.3 is 5.32 Å². The van der Waals surface area contributed by atoms with Crippen LogP contribution in [0.3, 0.4) is 0 Å². The van der Waals surface area contributed by atoms with Gasteiger partial charge in [0.25, 0.3) is 17.4 Å². The predicted molar refractivity (Wildman–Crippen MR) is 82.0 cm³/mol. The van der Waals surface area contributed by atoms with Gasteiger partial charge in [-0.05, 0) is 19.4 Å². The highest BCUT2D eigenvalue weighted by Crippen LogP contribution is 2.22. The lowest BCUT2D eigenvalue weighted by molar-refractivity contribution is -0.384. The lowest BCUT2D eigenvalue weighted by atomic mass is 10.1. The number of carbonyl (C=O) groups is 2. The summed E-state index contributed by atoms with van der Waals surface area (Å²) in [4.78, 5) is 34.2. The summed E-state index contributed by atoms with van der Waals surface area (Å²) in [6.45, 7) is 3.57. The van der Waals surface area contributed by atoms with Crippen molar-refractivity contribution in [1.82, 2.24) is 0 Å². The van der Waals surface area contributed by atoms with Gasteiger partial charge in [0, 0.05) is 17.7 Å². The molecule has 1 N–H and O–H groups in total. The third-order valence-electron chi connectivity index (χ3n) is 3.20. The van der Waals surface area contributed by atoms with Gasteiger partial charge >= 0.3 is 0 Å². The number of rotatable bonds is 4. The Bertz CT molecular complexity index is 751. The van der Waals surface area contributed by atoms with E-state index in [1.54, 1.807) is 31.2 Å². The summed E-state index contributed by atoms with van der Waals surface area (Å²) < 4.78 is 0. The van der Waals surface area contributed by atoms with Gasteiger partial charge in [0.05, 0.1) is 10.6 Å². The van der Waals surface area contributed by atoms with Crippen molar-refractivity contribution >= 4 is 23.1 Å². The quantitative estimate of drug-likeness (QED) is 0.406. The van der Waals surface area contributed by atoms with Gasteiger partial charge in [-0.25, -0.2) is 0 Å². The fraction of sp³-hybridized carbons (Fsp3) is 0.125. The van der Waals surface area contributed by atoms with Crippen molar-refractivity contribution in [2.24, 2.45) is 0 Å². The number of hydrogen-bond donors (Lipinski definition) is 1. The van der Waals surface area contributed by atoms with Gasteiger partial charge in [0.2, 0.25) is 0 Å². The van der Waals surface area contributed by atoms with Crippen LogP contribution in [0.15, 0.2) is 42.5 Å². The summed E-state index contributed by atoms with van der Waals surface area (Å²) in [6, 6.07) is 10.7. The first-order chi connectivity index (χ1) is 10.4. The van der Waals surface area contributed by atoms with Crippen molar-refractivity contribution in [2.75, 3.05) is 5.32 Å². The van der Waals surface area contributed by atoms with Crippen LogP contribution in [0.5, 0.6) is 0 Å². The Morgan fingerprint density at radius 3 is 2.27 bits per heavy atom. The molecular formula is C16H14N2O4. The van der Waals surface area contributed by atoms with E-state index < -0.39 is 16.6 Å². The number of nitro groups is 1. The van der Waals surface area contributed by atoms with Crippen LogP contribution >= 0.6 is 0 Å². The maximum Gasteiger partial charge on any atom is 0.296 e. The number of non-ortho nitro benzene ring substituents is 1. The van der Waals surface area contributed by atoms with Crippen molar-refractivity contribution in [1.29, 1.82) is 0 Å². The first-order valence-corrected chi connectivity index (χ1v) is 6.56. The summed E-state index contributed by atoms with van der Waals surface area (Å²) >= 11 is 0. The third kappa shape index (κ3) is 3.35. The van der Waals surface area contributed by atoms with E-state index in [-0.39, 0.29) is 16.9 Å². The zero-order valence-electron chi connectivity index (χ0n) is 12.1. The van der Waals surface area contributed by atoms with E-state index >= 15 is 0 Å². The molecule has 2 aromatic carbocycles. The van der Waals surface area contributed by atoms with Crippen LogP contribution in [-0.2, 0) is 4.79 Å². The van der Waals surface area contributed by atoms with Gasteiger partial charge in [0.15, 0.2) is 0 Å². The maximum absolute atomic E-state index is 12.0. The highest BCUT2D eigenvalue weighted by molar-refractivity contribution is 6.46. The zero-order chi connectivity index (χ0) is 16.3. The average molecular weight is 298 g/mol. The molecule has 0 aromatic heterocycles. The molecule has 6 nitrogen and oxygen atoms in total. The smallest absolute Gasteiger partial charge is 0.296 e. The molecule has 6 heteroatoms. The molecule has 0 atom stereocenters. The van der Waals surface area contributed by atoms with Gasteiger partial charge in [-0.15, -0.1) is 0 Å².